The summed E-state index contributed by atoms with van der Waals surface area (Å²) in [5, 5.41) is 3.51. The average molecular weight is 387 g/mol. The number of nitrogens with zero attached hydrogens (tertiary/aromatic N) is 1. The molecule has 2 aromatic rings. The smallest absolute Gasteiger partial charge is 0.229 e. The van der Waals surface area contributed by atoms with Crippen LogP contribution in [-0.2, 0) is 16.0 Å². The molecule has 27 heavy (non-hydrogen) atoms. The Morgan fingerprint density at radius 2 is 2.07 bits per heavy atom. The Morgan fingerprint density at radius 1 is 1.30 bits per heavy atom. The lowest BCUT2D eigenvalue weighted by atomic mass is 10.1. The van der Waals surface area contributed by atoms with Crippen LogP contribution >= 0.6 is 11.6 Å². The molecule has 1 saturated heterocycles. The fourth-order valence-electron chi connectivity index (χ4n) is 3.23. The van der Waals surface area contributed by atoms with E-state index in [1.165, 1.54) is 0 Å². The maximum atomic E-state index is 12.6. The zero-order valence-corrected chi connectivity index (χ0v) is 16.3. The van der Waals surface area contributed by atoms with Crippen LogP contribution in [0.1, 0.15) is 17.5 Å². The first-order valence-electron chi connectivity index (χ1n) is 8.94. The molecule has 3 rings (SSSR count). The Balaban J connectivity index is 1.58. The van der Waals surface area contributed by atoms with Gasteiger partial charge in [-0.2, -0.15) is 0 Å². The van der Waals surface area contributed by atoms with Crippen molar-refractivity contribution in [3.8, 4) is 5.75 Å². The molecular formula is C21H23ClN2O3. The molecule has 6 heteroatoms. The molecule has 0 bridgehead atoms. The standard InChI is InChI=1S/C21H23ClN2O3/c1-14-18(22)7-4-8-19(14)23-21(26)16-12-20(25)24(13-16)10-9-15-5-3-6-17(11-15)27-2/h3-8,11,16H,9-10,12-13H2,1-2H3,(H,23,26). The Bertz CT molecular complexity index is 853. The van der Waals surface area contributed by atoms with E-state index >= 15 is 0 Å². The molecule has 2 aromatic carbocycles. The number of hydrogen-bond acceptors (Lipinski definition) is 3. The largest absolute Gasteiger partial charge is 0.497 e. The lowest BCUT2D eigenvalue weighted by Crippen LogP contribution is -2.30. The summed E-state index contributed by atoms with van der Waals surface area (Å²) in [6.07, 6.45) is 0.967. The maximum absolute atomic E-state index is 12.6. The molecule has 1 aliphatic heterocycles. The summed E-state index contributed by atoms with van der Waals surface area (Å²) in [5.41, 5.74) is 2.62. The maximum Gasteiger partial charge on any atom is 0.229 e. The molecule has 1 N–H and O–H groups in total. The number of anilines is 1. The van der Waals surface area contributed by atoms with Crippen molar-refractivity contribution in [1.82, 2.24) is 4.90 Å². The molecule has 1 atom stereocenters. The van der Waals surface area contributed by atoms with Gasteiger partial charge in [0, 0.05) is 30.2 Å². The SMILES string of the molecule is COc1cccc(CCN2CC(C(=O)Nc3cccc(Cl)c3C)CC2=O)c1. The van der Waals surface area contributed by atoms with Gasteiger partial charge in [-0.15, -0.1) is 0 Å². The molecule has 1 fully saturated rings. The van der Waals surface area contributed by atoms with Crippen molar-refractivity contribution in [1.29, 1.82) is 0 Å². The minimum Gasteiger partial charge on any atom is -0.497 e. The van der Waals surface area contributed by atoms with Crippen LogP contribution in [0, 0.1) is 12.8 Å². The normalized spacial score (nSPS) is 16.5. The van der Waals surface area contributed by atoms with Gasteiger partial charge < -0.3 is 15.0 Å². The number of halogens is 1. The van der Waals surface area contributed by atoms with Crippen molar-refractivity contribution in [2.75, 3.05) is 25.5 Å². The van der Waals surface area contributed by atoms with E-state index in [9.17, 15) is 9.59 Å². The number of amides is 2. The van der Waals surface area contributed by atoms with E-state index in [0.29, 0.717) is 23.8 Å². The quantitative estimate of drug-likeness (QED) is 0.823. The van der Waals surface area contributed by atoms with E-state index in [2.05, 4.69) is 5.32 Å². The second-order valence-electron chi connectivity index (χ2n) is 6.74. The number of ether oxygens (including phenoxy) is 1. The van der Waals surface area contributed by atoms with E-state index < -0.39 is 0 Å². The zero-order valence-electron chi connectivity index (χ0n) is 15.5. The third-order valence-corrected chi connectivity index (χ3v) is 5.32. The van der Waals surface area contributed by atoms with E-state index in [-0.39, 0.29) is 24.2 Å². The molecule has 0 aromatic heterocycles. The number of nitrogens with one attached hydrogen (secondary N) is 1. The van der Waals surface area contributed by atoms with Crippen LogP contribution in [0.5, 0.6) is 5.75 Å². The number of hydrogen-bond donors (Lipinski definition) is 1. The number of carbonyl (C=O) groups excluding carboxylic acids is 2. The van der Waals surface area contributed by atoms with Gasteiger partial charge >= 0.3 is 0 Å². The highest BCUT2D eigenvalue weighted by atomic mass is 35.5. The van der Waals surface area contributed by atoms with Crippen LogP contribution in [0.15, 0.2) is 42.5 Å². The molecule has 5 nitrogen and oxygen atoms in total. The van der Waals surface area contributed by atoms with E-state index in [1.54, 1.807) is 24.1 Å². The number of likely N-dealkylation sites (tertiary alicyclic amines) is 1. The Kier molecular flexibility index (Phi) is 6.01. The zero-order chi connectivity index (χ0) is 19.4. The first-order valence-corrected chi connectivity index (χ1v) is 9.32. The van der Waals surface area contributed by atoms with Gasteiger partial charge in [0.2, 0.25) is 11.8 Å². The highest BCUT2D eigenvalue weighted by molar-refractivity contribution is 6.31. The first-order chi connectivity index (χ1) is 13.0. The summed E-state index contributed by atoms with van der Waals surface area (Å²) in [7, 11) is 1.63. The number of methoxy groups -OCH3 is 1. The third kappa shape index (κ3) is 4.61. The third-order valence-electron chi connectivity index (χ3n) is 4.92. The minimum absolute atomic E-state index is 0.0147. The van der Waals surface area contributed by atoms with Gasteiger partial charge in [0.25, 0.3) is 0 Å². The van der Waals surface area contributed by atoms with Gasteiger partial charge in [-0.3, -0.25) is 9.59 Å². The van der Waals surface area contributed by atoms with Crippen LogP contribution in [0.25, 0.3) is 0 Å². The van der Waals surface area contributed by atoms with E-state index in [4.69, 9.17) is 16.3 Å². The summed E-state index contributed by atoms with van der Waals surface area (Å²) >= 11 is 6.10. The van der Waals surface area contributed by atoms with Crippen molar-refractivity contribution in [2.45, 2.75) is 19.8 Å². The van der Waals surface area contributed by atoms with Crippen LogP contribution in [-0.4, -0.2) is 36.9 Å². The summed E-state index contributed by atoms with van der Waals surface area (Å²) < 4.78 is 5.23. The Labute approximate surface area is 164 Å². The first kappa shape index (κ1) is 19.2. The van der Waals surface area contributed by atoms with E-state index in [1.807, 2.05) is 37.3 Å². The van der Waals surface area contributed by atoms with Crippen LogP contribution in [0.4, 0.5) is 5.69 Å². The lowest BCUT2D eigenvalue weighted by Gasteiger charge is -2.17. The van der Waals surface area contributed by atoms with Crippen LogP contribution < -0.4 is 10.1 Å². The van der Waals surface area contributed by atoms with Crippen molar-refractivity contribution < 1.29 is 14.3 Å². The Hall–Kier alpha value is -2.53. The van der Waals surface area contributed by atoms with Crippen molar-refractivity contribution in [3.05, 3.63) is 58.6 Å². The predicted octanol–water partition coefficient (Wildman–Crippen LogP) is 3.69. The molecule has 0 saturated carbocycles. The van der Waals surface area contributed by atoms with Gasteiger partial charge in [-0.1, -0.05) is 29.8 Å². The minimum atomic E-state index is -0.346. The number of carbonyl (C=O) groups is 2. The van der Waals surface area contributed by atoms with Crippen LogP contribution in [0.2, 0.25) is 5.02 Å². The molecule has 0 spiro atoms. The predicted molar refractivity (Wildman–Crippen MR) is 106 cm³/mol. The molecule has 1 aliphatic rings. The van der Waals surface area contributed by atoms with Gasteiger partial charge in [-0.25, -0.2) is 0 Å². The molecule has 2 amide bonds. The average Bonchev–Trinajstić information content (AvgIpc) is 3.05. The van der Waals surface area contributed by atoms with Crippen molar-refractivity contribution in [3.63, 3.8) is 0 Å². The van der Waals surface area contributed by atoms with Crippen molar-refractivity contribution >= 4 is 29.1 Å². The molecule has 0 radical (unpaired) electrons. The fourth-order valence-corrected chi connectivity index (χ4v) is 3.41. The number of rotatable bonds is 6. The van der Waals surface area contributed by atoms with Gasteiger partial charge in [-0.05, 0) is 48.7 Å². The Morgan fingerprint density at radius 3 is 2.85 bits per heavy atom. The molecule has 142 valence electrons. The molecule has 1 heterocycles. The van der Waals surface area contributed by atoms with Crippen LogP contribution in [0.3, 0.4) is 0 Å². The number of benzene rings is 2. The summed E-state index contributed by atoms with van der Waals surface area (Å²) in [4.78, 5) is 26.6. The molecule has 1 unspecified atom stereocenters. The van der Waals surface area contributed by atoms with Gasteiger partial charge in [0.15, 0.2) is 0 Å². The second-order valence-corrected chi connectivity index (χ2v) is 7.15. The summed E-state index contributed by atoms with van der Waals surface area (Å²) in [6, 6.07) is 13.2. The van der Waals surface area contributed by atoms with Gasteiger partial charge in [0.1, 0.15) is 5.75 Å². The highest BCUT2D eigenvalue weighted by Crippen LogP contribution is 2.25. The topological polar surface area (TPSA) is 58.6 Å². The van der Waals surface area contributed by atoms with E-state index in [0.717, 1.165) is 23.3 Å². The molecule has 0 aliphatic carbocycles. The molecular weight excluding hydrogens is 364 g/mol. The summed E-state index contributed by atoms with van der Waals surface area (Å²) in [6.45, 7) is 2.89. The monoisotopic (exact) mass is 386 g/mol. The summed E-state index contributed by atoms with van der Waals surface area (Å²) in [5.74, 6) is 0.328. The highest BCUT2D eigenvalue weighted by Gasteiger charge is 2.34. The fraction of sp³-hybridized carbons (Fsp3) is 0.333. The van der Waals surface area contributed by atoms with Gasteiger partial charge in [0.05, 0.1) is 13.0 Å². The second kappa shape index (κ2) is 8.44. The lowest BCUT2D eigenvalue weighted by molar-refractivity contribution is -0.128. The van der Waals surface area contributed by atoms with Crippen molar-refractivity contribution in [2.24, 2.45) is 5.92 Å².